The van der Waals surface area contributed by atoms with Gasteiger partial charge in [0.2, 0.25) is 0 Å². The Bertz CT molecular complexity index is 300. The molecule has 17 heavy (non-hydrogen) atoms. The van der Waals surface area contributed by atoms with E-state index in [1.807, 2.05) is 0 Å². The molecule has 2 rings (SSSR count). The van der Waals surface area contributed by atoms with Gasteiger partial charge in [-0.1, -0.05) is 26.7 Å². The lowest BCUT2D eigenvalue weighted by atomic mass is 9.59. The molecule has 0 aromatic heterocycles. The van der Waals surface area contributed by atoms with Crippen LogP contribution in [0.25, 0.3) is 0 Å². The summed E-state index contributed by atoms with van der Waals surface area (Å²) in [7, 11) is 0. The number of ether oxygens (including phenoxy) is 1. The molecule has 1 saturated carbocycles. The fourth-order valence-electron chi connectivity index (χ4n) is 3.50. The predicted molar refractivity (Wildman–Crippen MR) is 64.2 cm³/mol. The van der Waals surface area contributed by atoms with E-state index >= 15 is 0 Å². The maximum absolute atomic E-state index is 11.4. The zero-order valence-electron chi connectivity index (χ0n) is 10.9. The lowest BCUT2D eigenvalue weighted by molar-refractivity contribution is -0.171. The van der Waals surface area contributed by atoms with E-state index in [0.717, 1.165) is 25.7 Å². The van der Waals surface area contributed by atoms with Crippen molar-refractivity contribution < 1.29 is 14.3 Å². The highest BCUT2D eigenvalue weighted by Crippen LogP contribution is 2.53. The van der Waals surface area contributed by atoms with Gasteiger partial charge in [0.1, 0.15) is 0 Å². The third-order valence-electron chi connectivity index (χ3n) is 5.14. The lowest BCUT2D eigenvalue weighted by Gasteiger charge is -2.46. The molecule has 0 amide bonds. The average molecular weight is 238 g/mol. The molecule has 0 atom stereocenters. The normalized spacial score (nSPS) is 26.9. The lowest BCUT2D eigenvalue weighted by Crippen LogP contribution is -2.41. The Hall–Kier alpha value is -0.860. The predicted octanol–water partition coefficient (Wildman–Crippen LogP) is 3.22. The number of carbonyl (C=O) groups is 2. The van der Waals surface area contributed by atoms with Crippen LogP contribution in [0.15, 0.2) is 0 Å². The highest BCUT2D eigenvalue weighted by atomic mass is 16.6. The molecule has 0 bridgehead atoms. The van der Waals surface area contributed by atoms with Crippen LogP contribution in [-0.4, -0.2) is 11.9 Å². The molecule has 2 aliphatic rings. The Labute approximate surface area is 103 Å². The van der Waals surface area contributed by atoms with Crippen molar-refractivity contribution in [2.45, 2.75) is 65.2 Å². The Morgan fingerprint density at radius 3 is 1.82 bits per heavy atom. The van der Waals surface area contributed by atoms with E-state index in [1.165, 1.54) is 12.8 Å². The molecule has 0 unspecified atom stereocenters. The molecule has 3 heteroatoms. The zero-order valence-corrected chi connectivity index (χ0v) is 10.9. The summed E-state index contributed by atoms with van der Waals surface area (Å²) in [6.45, 7) is 4.50. The highest BCUT2D eigenvalue weighted by Gasteiger charge is 2.46. The van der Waals surface area contributed by atoms with Crippen molar-refractivity contribution in [2.75, 3.05) is 0 Å². The Morgan fingerprint density at radius 2 is 1.41 bits per heavy atom. The van der Waals surface area contributed by atoms with Crippen LogP contribution in [0.3, 0.4) is 0 Å². The molecule has 1 spiro atoms. The number of carbonyl (C=O) groups excluding carboxylic acids is 2. The van der Waals surface area contributed by atoms with Crippen LogP contribution >= 0.6 is 0 Å². The van der Waals surface area contributed by atoms with Crippen molar-refractivity contribution in [2.24, 2.45) is 10.8 Å². The van der Waals surface area contributed by atoms with E-state index in [-0.39, 0.29) is 17.4 Å². The monoisotopic (exact) mass is 238 g/mol. The number of rotatable bonds is 2. The largest absolute Gasteiger partial charge is 0.393 e. The van der Waals surface area contributed by atoms with Crippen molar-refractivity contribution in [3.63, 3.8) is 0 Å². The highest BCUT2D eigenvalue weighted by molar-refractivity contribution is 5.89. The quantitative estimate of drug-likeness (QED) is 0.548. The van der Waals surface area contributed by atoms with Gasteiger partial charge in [-0.05, 0) is 36.5 Å². The number of hydrogen-bond donors (Lipinski definition) is 0. The van der Waals surface area contributed by atoms with Gasteiger partial charge >= 0.3 is 11.9 Å². The summed E-state index contributed by atoms with van der Waals surface area (Å²) < 4.78 is 4.64. The van der Waals surface area contributed by atoms with Crippen molar-refractivity contribution >= 4 is 11.9 Å². The third kappa shape index (κ3) is 2.38. The summed E-state index contributed by atoms with van der Waals surface area (Å²) in [4.78, 5) is 22.8. The minimum Gasteiger partial charge on any atom is -0.393 e. The van der Waals surface area contributed by atoms with Crippen LogP contribution in [0.1, 0.15) is 65.2 Å². The minimum atomic E-state index is -0.318. The van der Waals surface area contributed by atoms with Crippen LogP contribution in [0, 0.1) is 10.8 Å². The fraction of sp³-hybridized carbons (Fsp3) is 0.857. The van der Waals surface area contributed by atoms with E-state index in [9.17, 15) is 9.59 Å². The molecule has 0 N–H and O–H groups in total. The number of cyclic esters (lactones) is 2. The maximum Gasteiger partial charge on any atom is 0.314 e. The molecule has 0 radical (unpaired) electrons. The van der Waals surface area contributed by atoms with E-state index in [0.29, 0.717) is 18.3 Å². The summed E-state index contributed by atoms with van der Waals surface area (Å²) in [5.74, 6) is -0.636. The first-order valence-corrected chi connectivity index (χ1v) is 6.77. The van der Waals surface area contributed by atoms with Gasteiger partial charge in [-0.2, -0.15) is 0 Å². The Morgan fingerprint density at radius 1 is 0.941 bits per heavy atom. The minimum absolute atomic E-state index is 0.0692. The molecular weight excluding hydrogens is 216 g/mol. The van der Waals surface area contributed by atoms with Gasteiger partial charge in [-0.15, -0.1) is 0 Å². The van der Waals surface area contributed by atoms with Gasteiger partial charge in [-0.3, -0.25) is 9.59 Å². The number of hydrogen-bond acceptors (Lipinski definition) is 3. The first-order valence-electron chi connectivity index (χ1n) is 6.77. The summed E-state index contributed by atoms with van der Waals surface area (Å²) in [5.41, 5.74) is 0.385. The first-order chi connectivity index (χ1) is 8.03. The van der Waals surface area contributed by atoms with Crippen LogP contribution in [0.5, 0.6) is 0 Å². The smallest absolute Gasteiger partial charge is 0.314 e. The SMILES string of the molecule is CCC1(CC)CCC2(CC1)CC(=O)OC(=O)C2. The fourth-order valence-corrected chi connectivity index (χ4v) is 3.50. The summed E-state index contributed by atoms with van der Waals surface area (Å²) in [6.07, 6.45) is 7.63. The van der Waals surface area contributed by atoms with Gasteiger partial charge in [-0.25, -0.2) is 0 Å². The summed E-state index contributed by atoms with van der Waals surface area (Å²) in [6, 6.07) is 0. The van der Waals surface area contributed by atoms with Crippen LogP contribution in [0.4, 0.5) is 0 Å². The molecule has 96 valence electrons. The van der Waals surface area contributed by atoms with Gasteiger partial charge in [0.15, 0.2) is 0 Å². The van der Waals surface area contributed by atoms with Gasteiger partial charge < -0.3 is 4.74 Å². The van der Waals surface area contributed by atoms with Gasteiger partial charge in [0, 0.05) is 0 Å². The molecular formula is C14H22O3. The number of esters is 2. The van der Waals surface area contributed by atoms with Crippen LogP contribution < -0.4 is 0 Å². The molecule has 1 aliphatic carbocycles. The van der Waals surface area contributed by atoms with Crippen molar-refractivity contribution in [3.05, 3.63) is 0 Å². The molecule has 0 aromatic rings. The van der Waals surface area contributed by atoms with Gasteiger partial charge in [0.05, 0.1) is 12.8 Å². The Kier molecular flexibility index (Phi) is 3.28. The second-order valence-electron chi connectivity index (χ2n) is 5.91. The summed E-state index contributed by atoms with van der Waals surface area (Å²) in [5, 5.41) is 0. The van der Waals surface area contributed by atoms with E-state index in [1.54, 1.807) is 0 Å². The standard InChI is InChI=1S/C14H22O3/c1-3-13(4-2)5-7-14(8-6-13)9-11(15)17-12(16)10-14/h3-10H2,1-2H3. The van der Waals surface area contributed by atoms with E-state index in [2.05, 4.69) is 18.6 Å². The molecule has 2 fully saturated rings. The zero-order chi connectivity index (χ0) is 12.5. The van der Waals surface area contributed by atoms with E-state index < -0.39 is 0 Å². The molecule has 1 aliphatic heterocycles. The molecule has 0 aromatic carbocycles. The molecule has 1 heterocycles. The first kappa shape index (κ1) is 12.6. The maximum atomic E-state index is 11.4. The van der Waals surface area contributed by atoms with E-state index in [4.69, 9.17) is 0 Å². The van der Waals surface area contributed by atoms with Crippen molar-refractivity contribution in [3.8, 4) is 0 Å². The summed E-state index contributed by atoms with van der Waals surface area (Å²) >= 11 is 0. The van der Waals surface area contributed by atoms with Gasteiger partial charge in [0.25, 0.3) is 0 Å². The average Bonchev–Trinajstić information content (AvgIpc) is 2.29. The second kappa shape index (κ2) is 4.43. The van der Waals surface area contributed by atoms with Crippen molar-refractivity contribution in [1.82, 2.24) is 0 Å². The van der Waals surface area contributed by atoms with Crippen LogP contribution in [0.2, 0.25) is 0 Å². The van der Waals surface area contributed by atoms with Crippen LogP contribution in [-0.2, 0) is 14.3 Å². The Balaban J connectivity index is 2.06. The molecule has 1 saturated heterocycles. The second-order valence-corrected chi connectivity index (χ2v) is 5.91. The topological polar surface area (TPSA) is 43.4 Å². The van der Waals surface area contributed by atoms with Crippen molar-refractivity contribution in [1.29, 1.82) is 0 Å². The third-order valence-corrected chi connectivity index (χ3v) is 5.14. The molecule has 3 nitrogen and oxygen atoms in total.